The summed E-state index contributed by atoms with van der Waals surface area (Å²) in [5, 5.41) is 8.97. The fraction of sp³-hybridized carbons (Fsp3) is 0.909. The van der Waals surface area contributed by atoms with Gasteiger partial charge in [0.15, 0.2) is 0 Å². The Bertz CT molecular complexity index is 378. The molecule has 1 heterocycles. The summed E-state index contributed by atoms with van der Waals surface area (Å²) in [7, 11) is -3.22. The third-order valence-electron chi connectivity index (χ3n) is 3.18. The van der Waals surface area contributed by atoms with Crippen molar-refractivity contribution in [3.63, 3.8) is 0 Å². The molecular weight excluding hydrogens is 240 g/mol. The van der Waals surface area contributed by atoms with Crippen molar-refractivity contribution in [1.29, 1.82) is 5.26 Å². The van der Waals surface area contributed by atoms with Gasteiger partial charge in [-0.25, -0.2) is 12.7 Å². The van der Waals surface area contributed by atoms with Crippen molar-refractivity contribution in [2.24, 2.45) is 5.41 Å². The zero-order valence-electron chi connectivity index (χ0n) is 10.5. The van der Waals surface area contributed by atoms with E-state index in [1.165, 1.54) is 4.31 Å². The lowest BCUT2D eigenvalue weighted by Crippen LogP contribution is -2.43. The highest BCUT2D eigenvalue weighted by Crippen LogP contribution is 2.30. The van der Waals surface area contributed by atoms with Gasteiger partial charge >= 0.3 is 0 Å². The minimum absolute atomic E-state index is 0.0319. The van der Waals surface area contributed by atoms with Crippen molar-refractivity contribution in [1.82, 2.24) is 4.31 Å². The lowest BCUT2D eigenvalue weighted by molar-refractivity contribution is 0.161. The predicted octanol–water partition coefficient (Wildman–Crippen LogP) is 0.978. The van der Waals surface area contributed by atoms with Crippen LogP contribution < -0.4 is 0 Å². The summed E-state index contributed by atoms with van der Waals surface area (Å²) in [6.45, 7) is 5.38. The zero-order valence-corrected chi connectivity index (χ0v) is 11.3. The quantitative estimate of drug-likeness (QED) is 0.691. The second kappa shape index (κ2) is 5.80. The standard InChI is InChI=1S/C11H20N2O3S/c1-3-16-8-9-17(14,15)13-6-4-11(2,10-12)5-7-13/h3-9H2,1-2H3. The molecule has 1 saturated heterocycles. The molecule has 98 valence electrons. The Labute approximate surface area is 103 Å². The maximum Gasteiger partial charge on any atom is 0.216 e. The normalized spacial score (nSPS) is 21.0. The fourth-order valence-corrected chi connectivity index (χ4v) is 3.13. The molecule has 0 amide bonds. The Balaban J connectivity index is 2.51. The van der Waals surface area contributed by atoms with E-state index in [1.807, 2.05) is 13.8 Å². The number of hydrogen-bond donors (Lipinski definition) is 0. The average molecular weight is 260 g/mol. The van der Waals surface area contributed by atoms with E-state index in [0.29, 0.717) is 32.5 Å². The smallest absolute Gasteiger partial charge is 0.216 e. The molecule has 1 aliphatic rings. The Morgan fingerprint density at radius 3 is 2.47 bits per heavy atom. The second-order valence-electron chi connectivity index (χ2n) is 4.58. The highest BCUT2D eigenvalue weighted by atomic mass is 32.2. The van der Waals surface area contributed by atoms with Crippen molar-refractivity contribution in [3.8, 4) is 6.07 Å². The first kappa shape index (κ1) is 14.4. The van der Waals surface area contributed by atoms with E-state index in [-0.39, 0.29) is 17.8 Å². The highest BCUT2D eigenvalue weighted by molar-refractivity contribution is 7.89. The van der Waals surface area contributed by atoms with Crippen LogP contribution in [-0.4, -0.2) is 44.8 Å². The van der Waals surface area contributed by atoms with Crippen LogP contribution in [0.5, 0.6) is 0 Å². The largest absolute Gasteiger partial charge is 0.381 e. The Kier molecular flexibility index (Phi) is 4.92. The SMILES string of the molecule is CCOCCS(=O)(=O)N1CCC(C)(C#N)CC1. The summed E-state index contributed by atoms with van der Waals surface area (Å²) in [4.78, 5) is 0. The molecule has 6 heteroatoms. The van der Waals surface area contributed by atoms with Gasteiger partial charge in [0.1, 0.15) is 0 Å². The molecule has 0 aromatic carbocycles. The number of ether oxygens (including phenoxy) is 1. The Hall–Kier alpha value is -0.640. The summed E-state index contributed by atoms with van der Waals surface area (Å²) in [5.41, 5.74) is -0.369. The van der Waals surface area contributed by atoms with E-state index in [0.717, 1.165) is 0 Å². The summed E-state index contributed by atoms with van der Waals surface area (Å²) in [5.74, 6) is 0.0319. The maximum absolute atomic E-state index is 11.9. The molecule has 0 bridgehead atoms. The van der Waals surface area contributed by atoms with E-state index < -0.39 is 10.0 Å². The number of sulfonamides is 1. The summed E-state index contributed by atoms with van der Waals surface area (Å²) in [6.07, 6.45) is 1.22. The molecule has 0 saturated carbocycles. The van der Waals surface area contributed by atoms with E-state index in [1.54, 1.807) is 0 Å². The van der Waals surface area contributed by atoms with E-state index >= 15 is 0 Å². The van der Waals surface area contributed by atoms with Gasteiger partial charge in [-0.3, -0.25) is 0 Å². The van der Waals surface area contributed by atoms with Crippen molar-refractivity contribution in [2.45, 2.75) is 26.7 Å². The lowest BCUT2D eigenvalue weighted by atomic mass is 9.83. The number of piperidine rings is 1. The first-order chi connectivity index (χ1) is 7.93. The van der Waals surface area contributed by atoms with Crippen molar-refractivity contribution in [2.75, 3.05) is 32.1 Å². The Morgan fingerprint density at radius 1 is 1.41 bits per heavy atom. The molecule has 0 aliphatic carbocycles. The second-order valence-corrected chi connectivity index (χ2v) is 6.67. The maximum atomic E-state index is 11.9. The molecule has 5 nitrogen and oxygen atoms in total. The third kappa shape index (κ3) is 3.95. The van der Waals surface area contributed by atoms with Crippen LogP contribution in [-0.2, 0) is 14.8 Å². The summed E-state index contributed by atoms with van der Waals surface area (Å²) >= 11 is 0. The van der Waals surface area contributed by atoms with Gasteiger partial charge in [0.25, 0.3) is 0 Å². The number of nitriles is 1. The number of rotatable bonds is 5. The van der Waals surface area contributed by atoms with E-state index in [2.05, 4.69) is 6.07 Å². The van der Waals surface area contributed by atoms with Gasteiger partial charge in [0.05, 0.1) is 23.8 Å². The molecule has 0 aromatic rings. The molecule has 1 fully saturated rings. The zero-order chi connectivity index (χ0) is 12.9. The van der Waals surface area contributed by atoms with Crippen LogP contribution in [0.25, 0.3) is 0 Å². The van der Waals surface area contributed by atoms with Gasteiger partial charge in [0.2, 0.25) is 10.0 Å². The minimum Gasteiger partial charge on any atom is -0.381 e. The first-order valence-corrected chi connectivity index (χ1v) is 7.51. The van der Waals surface area contributed by atoms with Gasteiger partial charge in [-0.15, -0.1) is 0 Å². The van der Waals surface area contributed by atoms with Crippen LogP contribution >= 0.6 is 0 Å². The molecule has 0 spiro atoms. The van der Waals surface area contributed by atoms with Gasteiger partial charge < -0.3 is 4.74 Å². The Morgan fingerprint density at radius 2 is 2.00 bits per heavy atom. The number of nitrogens with zero attached hydrogens (tertiary/aromatic N) is 2. The summed E-state index contributed by atoms with van der Waals surface area (Å²) in [6, 6.07) is 2.26. The van der Waals surface area contributed by atoms with Crippen LogP contribution in [0.4, 0.5) is 0 Å². The lowest BCUT2D eigenvalue weighted by Gasteiger charge is -2.34. The fourth-order valence-electron chi connectivity index (χ4n) is 1.81. The minimum atomic E-state index is -3.22. The molecule has 0 aromatic heterocycles. The molecule has 1 aliphatic heterocycles. The van der Waals surface area contributed by atoms with Crippen LogP contribution in [0.1, 0.15) is 26.7 Å². The number of hydrogen-bond acceptors (Lipinski definition) is 4. The van der Waals surface area contributed by atoms with Gasteiger partial charge in [0, 0.05) is 19.7 Å². The highest BCUT2D eigenvalue weighted by Gasteiger charge is 2.34. The first-order valence-electron chi connectivity index (χ1n) is 5.90. The molecule has 0 unspecified atom stereocenters. The van der Waals surface area contributed by atoms with Gasteiger partial charge in [-0.2, -0.15) is 5.26 Å². The van der Waals surface area contributed by atoms with Crippen molar-refractivity contribution >= 4 is 10.0 Å². The van der Waals surface area contributed by atoms with Gasteiger partial charge in [-0.05, 0) is 26.7 Å². The molecule has 0 N–H and O–H groups in total. The van der Waals surface area contributed by atoms with Crippen LogP contribution in [0, 0.1) is 16.7 Å². The predicted molar refractivity (Wildman–Crippen MR) is 64.8 cm³/mol. The van der Waals surface area contributed by atoms with Gasteiger partial charge in [-0.1, -0.05) is 0 Å². The van der Waals surface area contributed by atoms with Crippen LogP contribution in [0.3, 0.4) is 0 Å². The third-order valence-corrected chi connectivity index (χ3v) is 5.01. The topological polar surface area (TPSA) is 70.4 Å². The molecule has 1 rings (SSSR count). The monoisotopic (exact) mass is 260 g/mol. The van der Waals surface area contributed by atoms with Crippen LogP contribution in [0.2, 0.25) is 0 Å². The molecule has 17 heavy (non-hydrogen) atoms. The van der Waals surface area contributed by atoms with Crippen LogP contribution in [0.15, 0.2) is 0 Å². The average Bonchev–Trinajstić information content (AvgIpc) is 2.30. The van der Waals surface area contributed by atoms with E-state index in [4.69, 9.17) is 10.00 Å². The molecule has 0 atom stereocenters. The summed E-state index contributed by atoms with van der Waals surface area (Å²) < 4.78 is 30.4. The molecular formula is C11H20N2O3S. The van der Waals surface area contributed by atoms with Crippen molar-refractivity contribution in [3.05, 3.63) is 0 Å². The van der Waals surface area contributed by atoms with Crippen molar-refractivity contribution < 1.29 is 13.2 Å². The molecule has 0 radical (unpaired) electrons. The van der Waals surface area contributed by atoms with E-state index in [9.17, 15) is 8.42 Å².